The summed E-state index contributed by atoms with van der Waals surface area (Å²) >= 11 is 0. The summed E-state index contributed by atoms with van der Waals surface area (Å²) in [4.78, 5) is 46.5. The maximum atomic E-state index is 13.2. The van der Waals surface area contributed by atoms with E-state index >= 15 is 0 Å². The summed E-state index contributed by atoms with van der Waals surface area (Å²) in [6.07, 6.45) is 9.54. The molecule has 3 aromatic carbocycles. The molecule has 9 rings (SSSR count). The van der Waals surface area contributed by atoms with Crippen molar-refractivity contribution in [1.82, 2.24) is 15.1 Å². The highest BCUT2D eigenvalue weighted by atomic mass is 16.5. The number of phenolic OH excluding ortho intramolecular Hbond substituents is 1. The van der Waals surface area contributed by atoms with E-state index in [1.807, 2.05) is 24.3 Å². The Kier molecular flexibility index (Phi) is 10.1. The molecule has 4 fully saturated rings. The van der Waals surface area contributed by atoms with Crippen LogP contribution in [-0.2, 0) is 20.9 Å². The fourth-order valence-electron chi connectivity index (χ4n) is 10.6. The zero-order chi connectivity index (χ0) is 37.6. The predicted octanol–water partition coefficient (Wildman–Crippen LogP) is 6.36. The highest BCUT2D eigenvalue weighted by molar-refractivity contribution is 6.05. The molecule has 4 atom stereocenters. The quantitative estimate of drug-likeness (QED) is 0.269. The monoisotopic (exact) mass is 745 g/mol. The third-order valence-corrected chi connectivity index (χ3v) is 13.6. The minimum absolute atomic E-state index is 0.0193. The average molecular weight is 746 g/mol. The fourth-order valence-corrected chi connectivity index (χ4v) is 10.6. The Balaban J connectivity index is 0.779. The molecule has 5 aliphatic heterocycles. The molecule has 0 aromatic heterocycles. The molecule has 2 N–H and O–H groups in total. The first-order valence-electron chi connectivity index (χ1n) is 20.9. The van der Waals surface area contributed by atoms with Gasteiger partial charge < -0.3 is 24.5 Å². The van der Waals surface area contributed by atoms with E-state index in [2.05, 4.69) is 63.3 Å². The van der Waals surface area contributed by atoms with Crippen LogP contribution in [0, 0.1) is 11.8 Å². The second kappa shape index (κ2) is 15.3. The number of carbonyl (C=O) groups excluding carboxylic acids is 3. The zero-order valence-electron chi connectivity index (χ0n) is 32.1. The number of carbonyl (C=O) groups is 3. The first-order chi connectivity index (χ1) is 26.8. The summed E-state index contributed by atoms with van der Waals surface area (Å²) in [5, 5.41) is 12.7. The van der Waals surface area contributed by atoms with Crippen LogP contribution in [0.2, 0.25) is 0 Å². The number of aromatic hydroxyl groups is 1. The van der Waals surface area contributed by atoms with Crippen LogP contribution < -0.4 is 15.1 Å². The van der Waals surface area contributed by atoms with Gasteiger partial charge in [0, 0.05) is 81.6 Å². The Hall–Kier alpha value is -4.41. The topological polar surface area (TPSA) is 106 Å². The van der Waals surface area contributed by atoms with Crippen molar-refractivity contribution in [3.05, 3.63) is 88.5 Å². The van der Waals surface area contributed by atoms with Crippen LogP contribution in [-0.4, -0.2) is 90.6 Å². The lowest BCUT2D eigenvalue weighted by Crippen LogP contribution is -2.52. The smallest absolute Gasteiger partial charge is 0.255 e. The number of nitrogens with one attached hydrogen (secondary N) is 1. The van der Waals surface area contributed by atoms with E-state index in [1.54, 1.807) is 4.90 Å². The minimum Gasteiger partial charge on any atom is -0.508 e. The largest absolute Gasteiger partial charge is 0.508 e. The van der Waals surface area contributed by atoms with E-state index in [0.717, 1.165) is 62.6 Å². The first-order valence-corrected chi connectivity index (χ1v) is 20.9. The van der Waals surface area contributed by atoms with Gasteiger partial charge in [-0.1, -0.05) is 37.5 Å². The lowest BCUT2D eigenvalue weighted by Gasteiger charge is -2.43. The van der Waals surface area contributed by atoms with Crippen molar-refractivity contribution in [2.24, 2.45) is 11.8 Å². The number of anilines is 2. The van der Waals surface area contributed by atoms with Crippen LogP contribution in [0.15, 0.2) is 60.7 Å². The molecule has 3 aromatic rings. The second-order valence-electron chi connectivity index (χ2n) is 17.0. The van der Waals surface area contributed by atoms with E-state index in [0.29, 0.717) is 36.1 Å². The molecule has 3 amide bonds. The van der Waals surface area contributed by atoms with Crippen molar-refractivity contribution < 1.29 is 24.2 Å². The molecular formula is C45H55N5O5. The van der Waals surface area contributed by atoms with E-state index in [9.17, 15) is 19.5 Å². The Labute approximate surface area is 324 Å². The SMILES string of the molecule is C[C@H]1O[C@H](C2CCCCC2)[C@@H](c2ccc(N3CCC(CN4CCN(c5ccc6c(c5)CN([C@H]5CCC(=O)NC5=O)C6=O)CC4)CC3)cc2)c2ccc(O)cc21. The fraction of sp³-hybridized carbons (Fsp3) is 0.533. The summed E-state index contributed by atoms with van der Waals surface area (Å²) in [6, 6.07) is 20.7. The normalized spacial score (nSPS) is 26.9. The van der Waals surface area contributed by atoms with Crippen LogP contribution in [0.25, 0.3) is 0 Å². The van der Waals surface area contributed by atoms with Gasteiger partial charge in [-0.3, -0.25) is 24.6 Å². The number of ether oxygens (including phenoxy) is 1. The van der Waals surface area contributed by atoms with Gasteiger partial charge in [0.2, 0.25) is 11.8 Å². The van der Waals surface area contributed by atoms with E-state index in [4.69, 9.17) is 4.74 Å². The van der Waals surface area contributed by atoms with Gasteiger partial charge >= 0.3 is 0 Å². The molecule has 0 unspecified atom stereocenters. The number of benzene rings is 3. The van der Waals surface area contributed by atoms with Gasteiger partial charge in [0.1, 0.15) is 11.8 Å². The van der Waals surface area contributed by atoms with Crippen LogP contribution in [0.4, 0.5) is 11.4 Å². The number of piperazine rings is 1. The van der Waals surface area contributed by atoms with Crippen molar-refractivity contribution in [3.63, 3.8) is 0 Å². The van der Waals surface area contributed by atoms with Crippen molar-refractivity contribution in [1.29, 1.82) is 0 Å². The number of piperidine rings is 2. The molecule has 5 heterocycles. The summed E-state index contributed by atoms with van der Waals surface area (Å²) in [5.74, 6) is 0.988. The van der Waals surface area contributed by atoms with Gasteiger partial charge in [-0.05, 0) is 116 Å². The Morgan fingerprint density at radius 1 is 0.764 bits per heavy atom. The van der Waals surface area contributed by atoms with Crippen LogP contribution in [0.5, 0.6) is 5.75 Å². The molecule has 1 saturated carbocycles. The average Bonchev–Trinajstić information content (AvgIpc) is 3.53. The lowest BCUT2D eigenvalue weighted by atomic mass is 9.72. The maximum absolute atomic E-state index is 13.2. The number of fused-ring (bicyclic) bond motifs is 2. The Bertz CT molecular complexity index is 1910. The molecule has 3 saturated heterocycles. The molecule has 6 aliphatic rings. The summed E-state index contributed by atoms with van der Waals surface area (Å²) in [7, 11) is 0. The van der Waals surface area contributed by atoms with Gasteiger partial charge in [0.15, 0.2) is 0 Å². The van der Waals surface area contributed by atoms with Crippen LogP contribution >= 0.6 is 0 Å². The minimum atomic E-state index is -0.585. The van der Waals surface area contributed by atoms with Crippen molar-refractivity contribution in [3.8, 4) is 5.75 Å². The van der Waals surface area contributed by atoms with Gasteiger partial charge in [0.05, 0.1) is 12.2 Å². The number of hydrogen-bond acceptors (Lipinski definition) is 8. The number of rotatable bonds is 7. The summed E-state index contributed by atoms with van der Waals surface area (Å²) < 4.78 is 6.81. The predicted molar refractivity (Wildman–Crippen MR) is 212 cm³/mol. The molecule has 0 bridgehead atoms. The molecule has 10 nitrogen and oxygen atoms in total. The molecule has 0 radical (unpaired) electrons. The highest BCUT2D eigenvalue weighted by Crippen LogP contribution is 2.48. The van der Waals surface area contributed by atoms with Crippen molar-refractivity contribution >= 4 is 29.1 Å². The Morgan fingerprint density at radius 2 is 1.49 bits per heavy atom. The first kappa shape index (κ1) is 36.2. The van der Waals surface area contributed by atoms with E-state index in [1.165, 1.54) is 61.8 Å². The standard InChI is InChI=1S/C45H55N5O5/c1-29-39-26-36(51)12-14-38(39)42(43(55-29)32-5-3-2-4-6-32)31-7-9-34(10-8-31)48-19-17-30(18-20-48)27-47-21-23-49(24-22-47)35-11-13-37-33(25-35)28-50(45(37)54)40-15-16-41(52)46-44(40)53/h7-14,25-26,29-30,32,40,42-43,51H,2-6,15-24,27-28H2,1H3,(H,46,52,53)/t29-,40+,42+,43-/m1/s1. The number of amides is 3. The van der Waals surface area contributed by atoms with E-state index in [-0.39, 0.29) is 42.3 Å². The van der Waals surface area contributed by atoms with Gasteiger partial charge in [-0.15, -0.1) is 0 Å². The van der Waals surface area contributed by atoms with Crippen LogP contribution in [0.1, 0.15) is 109 Å². The number of imide groups is 1. The number of nitrogens with zero attached hydrogens (tertiary/aromatic N) is 4. The van der Waals surface area contributed by atoms with Gasteiger partial charge in [0.25, 0.3) is 5.91 Å². The van der Waals surface area contributed by atoms with Crippen molar-refractivity contribution in [2.45, 2.75) is 95.4 Å². The highest BCUT2D eigenvalue weighted by Gasteiger charge is 2.41. The molecule has 290 valence electrons. The maximum Gasteiger partial charge on any atom is 0.255 e. The Morgan fingerprint density at radius 3 is 2.24 bits per heavy atom. The zero-order valence-corrected chi connectivity index (χ0v) is 32.1. The van der Waals surface area contributed by atoms with Gasteiger partial charge in [-0.2, -0.15) is 0 Å². The van der Waals surface area contributed by atoms with Crippen molar-refractivity contribution in [2.75, 3.05) is 55.6 Å². The van der Waals surface area contributed by atoms with Gasteiger partial charge in [-0.25, -0.2) is 0 Å². The summed E-state index contributed by atoms with van der Waals surface area (Å²) in [6.45, 7) is 9.78. The second-order valence-corrected chi connectivity index (χ2v) is 17.0. The van der Waals surface area contributed by atoms with Crippen LogP contribution in [0.3, 0.4) is 0 Å². The number of hydrogen-bond donors (Lipinski definition) is 2. The lowest BCUT2D eigenvalue weighted by molar-refractivity contribution is -0.136. The molecule has 55 heavy (non-hydrogen) atoms. The number of phenols is 1. The molecule has 0 spiro atoms. The third-order valence-electron chi connectivity index (χ3n) is 13.6. The molecule has 1 aliphatic carbocycles. The molecule has 10 heteroatoms. The third kappa shape index (κ3) is 7.24. The molecular weight excluding hydrogens is 691 g/mol. The van der Waals surface area contributed by atoms with E-state index < -0.39 is 6.04 Å². The summed E-state index contributed by atoms with van der Waals surface area (Å²) in [5.41, 5.74) is 7.80.